The highest BCUT2D eigenvalue weighted by molar-refractivity contribution is 6.36. The summed E-state index contributed by atoms with van der Waals surface area (Å²) in [5.74, 6) is 1.12. The Hall–Kier alpha value is -1.85. The van der Waals surface area contributed by atoms with E-state index in [1.165, 1.54) is 0 Å². The highest BCUT2D eigenvalue weighted by Gasteiger charge is 2.29. The van der Waals surface area contributed by atoms with Gasteiger partial charge in [-0.3, -0.25) is 4.79 Å². The van der Waals surface area contributed by atoms with E-state index in [1.54, 1.807) is 30.3 Å². The van der Waals surface area contributed by atoms with Gasteiger partial charge in [0, 0.05) is 10.9 Å². The molecule has 0 bridgehead atoms. The number of anilines is 3. The van der Waals surface area contributed by atoms with E-state index in [0.717, 1.165) is 12.8 Å². The molecule has 0 unspecified atom stereocenters. The van der Waals surface area contributed by atoms with Crippen LogP contribution in [0.1, 0.15) is 12.8 Å². The molecule has 7 heteroatoms. The minimum Gasteiger partial charge on any atom is -0.338 e. The van der Waals surface area contributed by atoms with E-state index in [0.29, 0.717) is 27.4 Å². The number of carbonyl (C=O) groups is 1. The molecule has 3 rings (SSSR count). The molecule has 2 aromatic rings. The van der Waals surface area contributed by atoms with Crippen LogP contribution in [0.3, 0.4) is 0 Å². The monoisotopic (exact) mass is 322 g/mol. The van der Waals surface area contributed by atoms with Gasteiger partial charge in [0.2, 0.25) is 5.91 Å². The molecule has 0 spiro atoms. The number of hydrogen-bond donors (Lipinski definition) is 2. The summed E-state index contributed by atoms with van der Waals surface area (Å²) < 4.78 is 0. The van der Waals surface area contributed by atoms with Crippen LogP contribution < -0.4 is 10.6 Å². The number of amides is 1. The van der Waals surface area contributed by atoms with Crippen LogP contribution in [0.5, 0.6) is 0 Å². The molecule has 1 aliphatic rings. The lowest BCUT2D eigenvalue weighted by atomic mass is 10.3. The normalized spacial score (nSPS) is 13.8. The van der Waals surface area contributed by atoms with Crippen LogP contribution in [0.2, 0.25) is 10.0 Å². The molecule has 0 atom stereocenters. The lowest BCUT2D eigenvalue weighted by Crippen LogP contribution is -2.14. The average Bonchev–Trinajstić information content (AvgIpc) is 3.28. The van der Waals surface area contributed by atoms with Crippen molar-refractivity contribution < 1.29 is 4.79 Å². The van der Waals surface area contributed by atoms with E-state index >= 15 is 0 Å². The van der Waals surface area contributed by atoms with Crippen LogP contribution in [-0.2, 0) is 4.79 Å². The molecule has 5 nitrogen and oxygen atoms in total. The van der Waals surface area contributed by atoms with Gasteiger partial charge >= 0.3 is 0 Å². The van der Waals surface area contributed by atoms with E-state index in [9.17, 15) is 4.79 Å². The molecule has 1 aliphatic carbocycles. The third kappa shape index (κ3) is 3.62. The first-order valence-corrected chi connectivity index (χ1v) is 7.24. The smallest absolute Gasteiger partial charge is 0.228 e. The van der Waals surface area contributed by atoms with Gasteiger partial charge in [0.05, 0.1) is 10.7 Å². The van der Waals surface area contributed by atoms with Crippen molar-refractivity contribution in [3.63, 3.8) is 0 Å². The van der Waals surface area contributed by atoms with Gasteiger partial charge in [-0.15, -0.1) is 10.2 Å². The van der Waals surface area contributed by atoms with E-state index in [2.05, 4.69) is 20.8 Å². The number of rotatable bonds is 4. The number of benzene rings is 1. The Labute approximate surface area is 131 Å². The summed E-state index contributed by atoms with van der Waals surface area (Å²) in [6.07, 6.45) is 1.90. The maximum absolute atomic E-state index is 11.6. The second-order valence-corrected chi connectivity index (χ2v) is 5.66. The molecular formula is C14H12Cl2N4O. The Morgan fingerprint density at radius 3 is 2.43 bits per heavy atom. The van der Waals surface area contributed by atoms with Gasteiger partial charge in [0.1, 0.15) is 0 Å². The van der Waals surface area contributed by atoms with E-state index in [1.807, 2.05) is 0 Å². The predicted octanol–water partition coefficient (Wildman–Crippen LogP) is 3.88. The van der Waals surface area contributed by atoms with Gasteiger partial charge < -0.3 is 10.6 Å². The third-order valence-electron chi connectivity index (χ3n) is 3.06. The van der Waals surface area contributed by atoms with Crippen molar-refractivity contribution in [2.45, 2.75) is 12.8 Å². The molecule has 2 N–H and O–H groups in total. The molecule has 0 saturated heterocycles. The number of carbonyl (C=O) groups excluding carboxylic acids is 1. The van der Waals surface area contributed by atoms with Crippen LogP contribution in [0.4, 0.5) is 17.3 Å². The van der Waals surface area contributed by atoms with Gasteiger partial charge in [-0.25, -0.2) is 0 Å². The van der Waals surface area contributed by atoms with Crippen molar-refractivity contribution in [2.75, 3.05) is 10.6 Å². The maximum Gasteiger partial charge on any atom is 0.228 e. The minimum absolute atomic E-state index is 0.00533. The average molecular weight is 323 g/mol. The molecule has 1 fully saturated rings. The van der Waals surface area contributed by atoms with Crippen molar-refractivity contribution in [2.24, 2.45) is 5.92 Å². The number of hydrogen-bond acceptors (Lipinski definition) is 4. The van der Waals surface area contributed by atoms with Crippen molar-refractivity contribution >= 4 is 46.4 Å². The van der Waals surface area contributed by atoms with Crippen molar-refractivity contribution in [1.82, 2.24) is 10.2 Å². The van der Waals surface area contributed by atoms with Crippen LogP contribution in [-0.4, -0.2) is 16.1 Å². The standard InChI is InChI=1S/C14H12Cl2N4O/c15-9-3-4-11(10(16)7-9)17-12-5-6-13(20-19-12)18-14(21)8-1-2-8/h3-8H,1-2H2,(H,17,19)(H,18,20,21). The van der Waals surface area contributed by atoms with Crippen LogP contribution in [0.25, 0.3) is 0 Å². The molecule has 21 heavy (non-hydrogen) atoms. The molecule has 1 heterocycles. The summed E-state index contributed by atoms with van der Waals surface area (Å²) in [5, 5.41) is 14.8. The molecule has 1 amide bonds. The number of nitrogens with one attached hydrogen (secondary N) is 2. The highest BCUT2D eigenvalue weighted by atomic mass is 35.5. The van der Waals surface area contributed by atoms with Crippen LogP contribution in [0, 0.1) is 5.92 Å². The quantitative estimate of drug-likeness (QED) is 0.896. The highest BCUT2D eigenvalue weighted by Crippen LogP contribution is 2.30. The molecule has 1 aromatic heterocycles. The fourth-order valence-electron chi connectivity index (χ4n) is 1.77. The Balaban J connectivity index is 1.67. The van der Waals surface area contributed by atoms with Crippen molar-refractivity contribution in [1.29, 1.82) is 0 Å². The van der Waals surface area contributed by atoms with Crippen molar-refractivity contribution in [3.8, 4) is 0 Å². The maximum atomic E-state index is 11.6. The zero-order chi connectivity index (χ0) is 14.8. The first kappa shape index (κ1) is 14.1. The van der Waals surface area contributed by atoms with Gasteiger partial charge in [-0.1, -0.05) is 23.2 Å². The fourth-order valence-corrected chi connectivity index (χ4v) is 2.22. The van der Waals surface area contributed by atoms with Gasteiger partial charge in [0.15, 0.2) is 11.6 Å². The largest absolute Gasteiger partial charge is 0.338 e. The van der Waals surface area contributed by atoms with Gasteiger partial charge in [-0.2, -0.15) is 0 Å². The van der Waals surface area contributed by atoms with Crippen LogP contribution >= 0.6 is 23.2 Å². The zero-order valence-corrected chi connectivity index (χ0v) is 12.4. The summed E-state index contributed by atoms with van der Waals surface area (Å²) in [5.41, 5.74) is 0.685. The van der Waals surface area contributed by atoms with E-state index in [4.69, 9.17) is 23.2 Å². The third-order valence-corrected chi connectivity index (χ3v) is 3.61. The topological polar surface area (TPSA) is 66.9 Å². The van der Waals surface area contributed by atoms with Gasteiger partial charge in [-0.05, 0) is 43.2 Å². The molecule has 0 aliphatic heterocycles. The molecular weight excluding hydrogens is 311 g/mol. The Bertz CT molecular complexity index is 671. The fraction of sp³-hybridized carbons (Fsp3) is 0.214. The van der Waals surface area contributed by atoms with Crippen molar-refractivity contribution in [3.05, 3.63) is 40.4 Å². The number of aromatic nitrogens is 2. The van der Waals surface area contributed by atoms with E-state index in [-0.39, 0.29) is 11.8 Å². The summed E-state index contributed by atoms with van der Waals surface area (Å²) in [7, 11) is 0. The SMILES string of the molecule is O=C(Nc1ccc(Nc2ccc(Cl)cc2Cl)nn1)C1CC1. The van der Waals surface area contributed by atoms with Crippen LogP contribution in [0.15, 0.2) is 30.3 Å². The molecule has 0 radical (unpaired) electrons. The molecule has 1 aromatic carbocycles. The number of halogens is 2. The lowest BCUT2D eigenvalue weighted by Gasteiger charge is -2.08. The Morgan fingerprint density at radius 2 is 1.81 bits per heavy atom. The number of nitrogens with zero attached hydrogens (tertiary/aromatic N) is 2. The first-order chi connectivity index (χ1) is 10.1. The Morgan fingerprint density at radius 1 is 1.10 bits per heavy atom. The summed E-state index contributed by atoms with van der Waals surface area (Å²) in [4.78, 5) is 11.6. The first-order valence-electron chi connectivity index (χ1n) is 6.48. The second-order valence-electron chi connectivity index (χ2n) is 4.82. The zero-order valence-electron chi connectivity index (χ0n) is 10.9. The molecule has 108 valence electrons. The second kappa shape index (κ2) is 5.87. The predicted molar refractivity (Wildman–Crippen MR) is 83.1 cm³/mol. The van der Waals surface area contributed by atoms with E-state index < -0.39 is 0 Å². The summed E-state index contributed by atoms with van der Waals surface area (Å²) >= 11 is 11.9. The summed E-state index contributed by atoms with van der Waals surface area (Å²) in [6, 6.07) is 8.55. The minimum atomic E-state index is 0.00533. The van der Waals surface area contributed by atoms with Gasteiger partial charge in [0.25, 0.3) is 0 Å². The molecule has 1 saturated carbocycles. The summed E-state index contributed by atoms with van der Waals surface area (Å²) in [6.45, 7) is 0. The lowest BCUT2D eigenvalue weighted by molar-refractivity contribution is -0.117. The Kier molecular flexibility index (Phi) is 3.94.